The van der Waals surface area contributed by atoms with Gasteiger partial charge in [0.1, 0.15) is 11.6 Å². The van der Waals surface area contributed by atoms with Gasteiger partial charge in [-0.15, -0.1) is 0 Å². The molecule has 0 spiro atoms. The van der Waals surface area contributed by atoms with Gasteiger partial charge in [-0.1, -0.05) is 40.0 Å². The van der Waals surface area contributed by atoms with Gasteiger partial charge in [0.05, 0.1) is 5.56 Å². The smallest absolute Gasteiger partial charge is 0.257 e. The highest BCUT2D eigenvalue weighted by Gasteiger charge is 2.38. The molecule has 1 aromatic heterocycles. The first-order valence-electron chi connectivity index (χ1n) is 5.28. The number of nitrogens with zero attached hydrogens (tertiary/aromatic N) is 1. The van der Waals surface area contributed by atoms with Crippen molar-refractivity contribution < 1.29 is 22.9 Å². The summed E-state index contributed by atoms with van der Waals surface area (Å²) >= 11 is 15.9. The van der Waals surface area contributed by atoms with Crippen LogP contribution < -0.4 is 0 Å². The molecule has 4 nitrogen and oxygen atoms in total. The number of aromatic nitrogens is 1. The Morgan fingerprint density at radius 2 is 1.81 bits per heavy atom. The lowest BCUT2D eigenvalue weighted by atomic mass is 10.1. The molecule has 2 rings (SSSR count). The van der Waals surface area contributed by atoms with E-state index in [4.69, 9.17) is 39.3 Å². The molecule has 110 valence electrons. The number of carbonyl (C=O) groups excluding carboxylic acids is 2. The highest BCUT2D eigenvalue weighted by atomic mass is 35.6. The van der Waals surface area contributed by atoms with Crippen LogP contribution in [0.4, 0.5) is 8.78 Å². The minimum atomic E-state index is -2.43. The number of halogens is 5. The van der Waals surface area contributed by atoms with Crippen LogP contribution in [0.15, 0.2) is 28.8 Å². The second kappa shape index (κ2) is 5.71. The molecule has 0 bridgehead atoms. The van der Waals surface area contributed by atoms with Crippen molar-refractivity contribution in [2.75, 3.05) is 0 Å². The van der Waals surface area contributed by atoms with E-state index in [0.29, 0.717) is 6.07 Å². The standard InChI is InChI=1S/C12H4Cl3F2NO3/c13-12(14,15)11(20)10(19)8-4-9(21-18-8)6-2-1-5(16)3-7(6)17/h1-4H. The molecule has 0 N–H and O–H groups in total. The van der Waals surface area contributed by atoms with Gasteiger partial charge >= 0.3 is 0 Å². The third-order valence-corrected chi connectivity index (χ3v) is 2.92. The van der Waals surface area contributed by atoms with Gasteiger partial charge in [0, 0.05) is 12.1 Å². The fourth-order valence-corrected chi connectivity index (χ4v) is 1.70. The predicted octanol–water partition coefficient (Wildman–Crippen LogP) is 3.74. The Labute approximate surface area is 131 Å². The van der Waals surface area contributed by atoms with E-state index in [1.54, 1.807) is 0 Å². The first kappa shape index (κ1) is 15.9. The number of rotatable bonds is 3. The van der Waals surface area contributed by atoms with Crippen molar-refractivity contribution in [1.29, 1.82) is 0 Å². The predicted molar refractivity (Wildman–Crippen MR) is 71.5 cm³/mol. The zero-order valence-corrected chi connectivity index (χ0v) is 12.1. The van der Waals surface area contributed by atoms with Crippen LogP contribution in [0.25, 0.3) is 11.3 Å². The second-order valence-electron chi connectivity index (χ2n) is 3.86. The number of benzene rings is 1. The Bertz CT molecular complexity index is 725. The SMILES string of the molecule is O=C(C(=O)C(Cl)(Cl)Cl)c1cc(-c2ccc(F)cc2F)on1. The van der Waals surface area contributed by atoms with Crippen LogP contribution in [0.3, 0.4) is 0 Å². The summed E-state index contributed by atoms with van der Waals surface area (Å²) in [5, 5.41) is 3.31. The number of carbonyl (C=O) groups is 2. The van der Waals surface area contributed by atoms with Crippen LogP contribution in [0.5, 0.6) is 0 Å². The van der Waals surface area contributed by atoms with Crippen LogP contribution in [0.2, 0.25) is 0 Å². The fourth-order valence-electron chi connectivity index (χ4n) is 1.44. The van der Waals surface area contributed by atoms with Gasteiger partial charge in [0.2, 0.25) is 0 Å². The summed E-state index contributed by atoms with van der Waals surface area (Å²) in [6.45, 7) is 0. The van der Waals surface area contributed by atoms with Gasteiger partial charge in [-0.05, 0) is 12.1 Å². The topological polar surface area (TPSA) is 60.2 Å². The van der Waals surface area contributed by atoms with Crippen molar-refractivity contribution >= 4 is 46.4 Å². The van der Waals surface area contributed by atoms with Crippen molar-refractivity contribution in [3.05, 3.63) is 41.6 Å². The first-order chi connectivity index (χ1) is 9.70. The summed E-state index contributed by atoms with van der Waals surface area (Å²) < 4.78 is 28.7. The number of alkyl halides is 3. The maximum Gasteiger partial charge on any atom is 0.257 e. The highest BCUT2D eigenvalue weighted by molar-refractivity contribution is 6.82. The van der Waals surface area contributed by atoms with Crippen LogP contribution in [-0.2, 0) is 4.79 Å². The summed E-state index contributed by atoms with van der Waals surface area (Å²) in [6, 6.07) is 3.71. The van der Waals surface area contributed by atoms with Crippen LogP contribution >= 0.6 is 34.8 Å². The maximum atomic E-state index is 13.6. The minimum absolute atomic E-state index is 0.135. The minimum Gasteiger partial charge on any atom is -0.355 e. The maximum absolute atomic E-state index is 13.6. The molecule has 0 aliphatic rings. The highest BCUT2D eigenvalue weighted by Crippen LogP contribution is 2.29. The molecule has 0 radical (unpaired) electrons. The average molecular weight is 355 g/mol. The van der Waals surface area contributed by atoms with Crippen molar-refractivity contribution in [2.45, 2.75) is 3.79 Å². The van der Waals surface area contributed by atoms with Gasteiger partial charge < -0.3 is 4.52 Å². The number of hydrogen-bond donors (Lipinski definition) is 0. The van der Waals surface area contributed by atoms with Gasteiger partial charge in [-0.25, -0.2) is 8.78 Å². The lowest BCUT2D eigenvalue weighted by molar-refractivity contribution is -0.114. The monoisotopic (exact) mass is 353 g/mol. The summed E-state index contributed by atoms with van der Waals surface area (Å²) in [5.41, 5.74) is -0.589. The Hall–Kier alpha value is -1.50. The Morgan fingerprint density at radius 3 is 2.38 bits per heavy atom. The van der Waals surface area contributed by atoms with Gasteiger partial charge in [-0.2, -0.15) is 0 Å². The molecular weight excluding hydrogens is 350 g/mol. The molecule has 0 aliphatic carbocycles. The van der Waals surface area contributed by atoms with Crippen molar-refractivity contribution in [3.8, 4) is 11.3 Å². The van der Waals surface area contributed by atoms with Crippen LogP contribution in [-0.4, -0.2) is 20.5 Å². The summed E-state index contributed by atoms with van der Waals surface area (Å²) in [6.07, 6.45) is 0. The lowest BCUT2D eigenvalue weighted by Gasteiger charge is -2.05. The molecule has 1 aromatic carbocycles. The van der Waals surface area contributed by atoms with Gasteiger partial charge in [-0.3, -0.25) is 9.59 Å². The Balaban J connectivity index is 2.34. The molecule has 0 atom stereocenters. The van der Waals surface area contributed by atoms with E-state index in [-0.39, 0.29) is 11.3 Å². The molecule has 21 heavy (non-hydrogen) atoms. The van der Waals surface area contributed by atoms with Gasteiger partial charge in [0.25, 0.3) is 15.4 Å². The third kappa shape index (κ3) is 3.40. The Morgan fingerprint density at radius 1 is 1.14 bits per heavy atom. The summed E-state index contributed by atoms with van der Waals surface area (Å²) in [5.74, 6) is -4.40. The zero-order chi connectivity index (χ0) is 15.8. The molecule has 0 aliphatic heterocycles. The summed E-state index contributed by atoms with van der Waals surface area (Å²) in [4.78, 5) is 23.2. The largest absolute Gasteiger partial charge is 0.355 e. The zero-order valence-electron chi connectivity index (χ0n) is 9.87. The summed E-state index contributed by atoms with van der Waals surface area (Å²) in [7, 11) is 0. The van der Waals surface area contributed by atoms with E-state index in [2.05, 4.69) is 5.16 Å². The lowest BCUT2D eigenvalue weighted by Crippen LogP contribution is -2.28. The van der Waals surface area contributed by atoms with E-state index in [1.165, 1.54) is 0 Å². The molecule has 0 amide bonds. The second-order valence-corrected chi connectivity index (χ2v) is 6.14. The quantitative estimate of drug-likeness (QED) is 0.478. The van der Waals surface area contributed by atoms with Gasteiger partial charge in [0.15, 0.2) is 11.5 Å². The molecule has 0 fully saturated rings. The van der Waals surface area contributed by atoms with Crippen molar-refractivity contribution in [2.24, 2.45) is 0 Å². The van der Waals surface area contributed by atoms with Crippen LogP contribution in [0.1, 0.15) is 10.5 Å². The molecule has 1 heterocycles. The third-order valence-electron chi connectivity index (χ3n) is 2.40. The van der Waals surface area contributed by atoms with E-state index in [1.807, 2.05) is 0 Å². The molecule has 2 aromatic rings. The number of ketones is 2. The molecule has 0 saturated heterocycles. The fraction of sp³-hybridized carbons (Fsp3) is 0.0833. The number of Topliss-reactive ketones (excluding diaryl/α,β-unsaturated/α-hetero) is 2. The average Bonchev–Trinajstić information content (AvgIpc) is 2.85. The molecule has 0 saturated carbocycles. The van der Waals surface area contributed by atoms with E-state index in [0.717, 1.165) is 18.2 Å². The van der Waals surface area contributed by atoms with E-state index in [9.17, 15) is 18.4 Å². The van der Waals surface area contributed by atoms with E-state index < -0.39 is 32.7 Å². The van der Waals surface area contributed by atoms with Crippen molar-refractivity contribution in [1.82, 2.24) is 5.16 Å². The first-order valence-corrected chi connectivity index (χ1v) is 6.41. The molecule has 0 unspecified atom stereocenters. The Kier molecular flexibility index (Phi) is 4.32. The van der Waals surface area contributed by atoms with Crippen LogP contribution in [0, 0.1) is 11.6 Å². The number of hydrogen-bond acceptors (Lipinski definition) is 4. The van der Waals surface area contributed by atoms with Crippen molar-refractivity contribution in [3.63, 3.8) is 0 Å². The molecule has 9 heteroatoms. The van der Waals surface area contributed by atoms with E-state index >= 15 is 0 Å². The normalized spacial score (nSPS) is 11.5. The molecular formula is C12H4Cl3F2NO3.